The summed E-state index contributed by atoms with van der Waals surface area (Å²) >= 11 is 0. The second kappa shape index (κ2) is 7.76. The molecule has 1 atom stereocenters. The van der Waals surface area contributed by atoms with Gasteiger partial charge < -0.3 is 10.1 Å². The van der Waals surface area contributed by atoms with Crippen molar-refractivity contribution in [2.24, 2.45) is 0 Å². The maximum Gasteiger partial charge on any atom is 0.303 e. The van der Waals surface area contributed by atoms with Gasteiger partial charge in [0.2, 0.25) is 0 Å². The van der Waals surface area contributed by atoms with Crippen LogP contribution in [-0.4, -0.2) is 21.0 Å². The number of benzene rings is 3. The summed E-state index contributed by atoms with van der Waals surface area (Å²) in [7, 11) is 0. The van der Waals surface area contributed by atoms with Gasteiger partial charge in [0.25, 0.3) is 0 Å². The van der Waals surface area contributed by atoms with E-state index in [1.165, 1.54) is 12.1 Å². The van der Waals surface area contributed by atoms with Crippen molar-refractivity contribution in [3.8, 4) is 0 Å². The van der Waals surface area contributed by atoms with E-state index < -0.39 is 5.97 Å². The molecule has 0 aliphatic carbocycles. The molecular formula is C21H18ClFN2O2. The van der Waals surface area contributed by atoms with Crippen LogP contribution in [0.5, 0.6) is 0 Å². The lowest BCUT2D eigenvalue weighted by Gasteiger charge is -2.15. The molecule has 0 saturated heterocycles. The van der Waals surface area contributed by atoms with Crippen LogP contribution in [0.25, 0.3) is 21.8 Å². The first-order valence-electron chi connectivity index (χ1n) is 8.43. The Kier molecular flexibility index (Phi) is 5.42. The summed E-state index contributed by atoms with van der Waals surface area (Å²) < 4.78 is 13.4. The molecule has 6 heteroatoms. The van der Waals surface area contributed by atoms with Crippen molar-refractivity contribution < 1.29 is 14.3 Å². The Morgan fingerprint density at radius 3 is 2.63 bits per heavy atom. The summed E-state index contributed by atoms with van der Waals surface area (Å²) in [5.41, 5.74) is 2.25. The van der Waals surface area contributed by atoms with Gasteiger partial charge in [-0.15, -0.1) is 12.4 Å². The van der Waals surface area contributed by atoms with Gasteiger partial charge in [0.15, 0.2) is 0 Å². The van der Waals surface area contributed by atoms with Crippen LogP contribution in [0, 0.1) is 5.82 Å². The normalized spacial score (nSPS) is 12.0. The fraction of sp³-hybridized carbons (Fsp3) is 0.143. The third-order valence-electron chi connectivity index (χ3n) is 4.60. The summed E-state index contributed by atoms with van der Waals surface area (Å²) in [6, 6.07) is 18.4. The van der Waals surface area contributed by atoms with E-state index in [2.05, 4.69) is 9.97 Å². The van der Waals surface area contributed by atoms with Crippen LogP contribution in [0.4, 0.5) is 4.39 Å². The molecule has 0 aliphatic heterocycles. The minimum atomic E-state index is -0.856. The number of carboxylic acids is 1. The van der Waals surface area contributed by atoms with E-state index in [4.69, 9.17) is 0 Å². The minimum absolute atomic E-state index is 0. The number of imidazole rings is 1. The Morgan fingerprint density at radius 1 is 1.07 bits per heavy atom. The number of aromatic amines is 1. The highest BCUT2D eigenvalue weighted by molar-refractivity contribution is 5.85. The van der Waals surface area contributed by atoms with E-state index in [-0.39, 0.29) is 30.6 Å². The van der Waals surface area contributed by atoms with Crippen LogP contribution in [0.3, 0.4) is 0 Å². The van der Waals surface area contributed by atoms with E-state index in [0.717, 1.165) is 16.3 Å². The number of hydrogen-bond acceptors (Lipinski definition) is 2. The van der Waals surface area contributed by atoms with Gasteiger partial charge in [0, 0.05) is 12.3 Å². The molecule has 0 spiro atoms. The standard InChI is InChI=1S/C21H17FN2O2.ClH/c22-17-7-8-18-19(12-17)24-20(23-18)10-16(11-21(25)26)15-6-5-13-3-1-2-4-14(13)9-15;/h1-9,12,16H,10-11H2,(H,23,24)(H,25,26);1H. The summed E-state index contributed by atoms with van der Waals surface area (Å²) in [6.45, 7) is 0. The summed E-state index contributed by atoms with van der Waals surface area (Å²) in [5, 5.41) is 11.5. The number of hydrogen-bond donors (Lipinski definition) is 2. The first-order valence-corrected chi connectivity index (χ1v) is 8.43. The molecule has 0 aliphatic rings. The van der Waals surface area contributed by atoms with Gasteiger partial charge in [0.05, 0.1) is 17.5 Å². The maximum atomic E-state index is 13.4. The van der Waals surface area contributed by atoms with Crippen molar-refractivity contribution in [2.75, 3.05) is 0 Å². The van der Waals surface area contributed by atoms with E-state index in [1.807, 2.05) is 42.5 Å². The van der Waals surface area contributed by atoms with Crippen molar-refractivity contribution in [2.45, 2.75) is 18.8 Å². The van der Waals surface area contributed by atoms with Crippen LogP contribution in [0.2, 0.25) is 0 Å². The average Bonchev–Trinajstić information content (AvgIpc) is 3.01. The predicted molar refractivity (Wildman–Crippen MR) is 106 cm³/mol. The quantitative estimate of drug-likeness (QED) is 0.504. The van der Waals surface area contributed by atoms with Gasteiger partial charge in [-0.1, -0.05) is 42.5 Å². The summed E-state index contributed by atoms with van der Waals surface area (Å²) in [5.74, 6) is -0.748. The van der Waals surface area contributed by atoms with Crippen molar-refractivity contribution in [3.05, 3.63) is 77.9 Å². The van der Waals surface area contributed by atoms with Gasteiger partial charge in [-0.25, -0.2) is 9.37 Å². The van der Waals surface area contributed by atoms with Crippen molar-refractivity contribution >= 4 is 40.2 Å². The number of fused-ring (bicyclic) bond motifs is 2. The molecule has 0 bridgehead atoms. The largest absolute Gasteiger partial charge is 0.481 e. The van der Waals surface area contributed by atoms with E-state index >= 15 is 0 Å². The monoisotopic (exact) mass is 384 g/mol. The Morgan fingerprint density at radius 2 is 1.85 bits per heavy atom. The lowest BCUT2D eigenvalue weighted by molar-refractivity contribution is -0.137. The molecule has 1 heterocycles. The van der Waals surface area contributed by atoms with Gasteiger partial charge in [-0.2, -0.15) is 0 Å². The maximum absolute atomic E-state index is 13.4. The van der Waals surface area contributed by atoms with Crippen molar-refractivity contribution in [1.29, 1.82) is 0 Å². The van der Waals surface area contributed by atoms with Crippen LogP contribution in [-0.2, 0) is 11.2 Å². The van der Waals surface area contributed by atoms with E-state index in [1.54, 1.807) is 6.07 Å². The molecule has 0 radical (unpaired) electrons. The SMILES string of the molecule is Cl.O=C(O)CC(Cc1nc2ccc(F)cc2[nH]1)c1ccc2ccccc2c1. The molecule has 27 heavy (non-hydrogen) atoms. The number of nitrogens with one attached hydrogen (secondary N) is 1. The smallest absolute Gasteiger partial charge is 0.303 e. The number of rotatable bonds is 5. The predicted octanol–water partition coefficient (Wildman–Crippen LogP) is 5.08. The zero-order chi connectivity index (χ0) is 18.1. The molecule has 1 aromatic heterocycles. The number of carboxylic acid groups (broad SMARTS) is 1. The topological polar surface area (TPSA) is 66.0 Å². The average molecular weight is 385 g/mol. The van der Waals surface area contributed by atoms with Crippen LogP contribution in [0.15, 0.2) is 60.7 Å². The molecule has 3 aromatic carbocycles. The number of aromatic nitrogens is 2. The van der Waals surface area contributed by atoms with Gasteiger partial charge in [-0.05, 0) is 34.5 Å². The zero-order valence-corrected chi connectivity index (χ0v) is 15.2. The highest BCUT2D eigenvalue weighted by Gasteiger charge is 2.19. The Hall–Kier alpha value is -2.92. The third-order valence-corrected chi connectivity index (χ3v) is 4.60. The van der Waals surface area contributed by atoms with Crippen molar-refractivity contribution in [3.63, 3.8) is 0 Å². The minimum Gasteiger partial charge on any atom is -0.481 e. The number of halogens is 2. The molecule has 0 saturated carbocycles. The highest BCUT2D eigenvalue weighted by Crippen LogP contribution is 2.28. The second-order valence-corrected chi connectivity index (χ2v) is 6.45. The van der Waals surface area contributed by atoms with Crippen LogP contribution in [0.1, 0.15) is 23.7 Å². The van der Waals surface area contributed by atoms with Crippen LogP contribution >= 0.6 is 12.4 Å². The molecule has 0 fully saturated rings. The molecule has 1 unspecified atom stereocenters. The number of nitrogens with zero attached hydrogens (tertiary/aromatic N) is 1. The first-order chi connectivity index (χ1) is 12.6. The third kappa shape index (κ3) is 4.09. The Labute approximate surface area is 161 Å². The lowest BCUT2D eigenvalue weighted by Crippen LogP contribution is -2.10. The fourth-order valence-corrected chi connectivity index (χ4v) is 3.35. The Balaban J connectivity index is 0.00000210. The number of H-pyrrole nitrogens is 1. The number of carbonyl (C=O) groups is 1. The zero-order valence-electron chi connectivity index (χ0n) is 14.4. The second-order valence-electron chi connectivity index (χ2n) is 6.45. The van der Waals surface area contributed by atoms with Crippen LogP contribution < -0.4 is 0 Å². The molecular weight excluding hydrogens is 367 g/mol. The van der Waals surface area contributed by atoms with Gasteiger partial charge in [0.1, 0.15) is 11.6 Å². The lowest BCUT2D eigenvalue weighted by atomic mass is 9.90. The molecule has 4 rings (SSSR count). The molecule has 4 aromatic rings. The first kappa shape index (κ1) is 18.9. The molecule has 2 N–H and O–H groups in total. The fourth-order valence-electron chi connectivity index (χ4n) is 3.35. The van der Waals surface area contributed by atoms with Gasteiger partial charge >= 0.3 is 5.97 Å². The molecule has 0 amide bonds. The summed E-state index contributed by atoms with van der Waals surface area (Å²) in [4.78, 5) is 19.0. The Bertz CT molecular complexity index is 1110. The van der Waals surface area contributed by atoms with Crippen molar-refractivity contribution in [1.82, 2.24) is 9.97 Å². The molecule has 138 valence electrons. The van der Waals surface area contributed by atoms with E-state index in [0.29, 0.717) is 23.3 Å². The highest BCUT2D eigenvalue weighted by atomic mass is 35.5. The summed E-state index contributed by atoms with van der Waals surface area (Å²) in [6.07, 6.45) is 0.449. The molecule has 4 nitrogen and oxygen atoms in total. The number of aliphatic carboxylic acids is 1. The van der Waals surface area contributed by atoms with E-state index in [9.17, 15) is 14.3 Å². The van der Waals surface area contributed by atoms with Gasteiger partial charge in [-0.3, -0.25) is 4.79 Å².